The minimum absolute atomic E-state index is 0.148. The van der Waals surface area contributed by atoms with Crippen LogP contribution >= 0.6 is 0 Å². The van der Waals surface area contributed by atoms with Crippen LogP contribution in [0.25, 0.3) is 0 Å². The van der Waals surface area contributed by atoms with E-state index < -0.39 is 5.97 Å². The first-order valence-electron chi connectivity index (χ1n) is 4.89. The molecule has 15 heavy (non-hydrogen) atoms. The van der Waals surface area contributed by atoms with E-state index in [1.54, 1.807) is 0 Å². The Hall–Kier alpha value is -1.65. The van der Waals surface area contributed by atoms with Crippen molar-refractivity contribution in [1.29, 1.82) is 0 Å². The Labute approximate surface area is 87.2 Å². The molecular weight excluding hydrogens is 196 g/mol. The molecule has 0 aliphatic rings. The van der Waals surface area contributed by atoms with Gasteiger partial charge in [0.15, 0.2) is 5.69 Å². The highest BCUT2D eigenvalue weighted by atomic mass is 16.4. The van der Waals surface area contributed by atoms with Crippen LogP contribution in [0.2, 0.25) is 0 Å². The van der Waals surface area contributed by atoms with Crippen LogP contribution in [-0.2, 0) is 6.42 Å². The third kappa shape index (κ3) is 2.65. The van der Waals surface area contributed by atoms with Crippen molar-refractivity contribution >= 4 is 5.97 Å². The van der Waals surface area contributed by atoms with Crippen molar-refractivity contribution in [1.82, 2.24) is 9.97 Å². The molecule has 5 heteroatoms. The maximum absolute atomic E-state index is 11.4. The standard InChI is InChI=1S/C10H14N2O3/c1-3-4-5-7-11-8(10(14)15)6(2)9(13)12-7/h3-5H2,1-2H3,(H,14,15)(H,11,12,13). The number of nitrogens with zero attached hydrogens (tertiary/aromatic N) is 1. The highest BCUT2D eigenvalue weighted by Gasteiger charge is 2.13. The maximum atomic E-state index is 11.4. The highest BCUT2D eigenvalue weighted by molar-refractivity contribution is 5.86. The zero-order chi connectivity index (χ0) is 11.4. The summed E-state index contributed by atoms with van der Waals surface area (Å²) in [5.74, 6) is -0.707. The van der Waals surface area contributed by atoms with Gasteiger partial charge in [0.05, 0.1) is 0 Å². The van der Waals surface area contributed by atoms with E-state index in [4.69, 9.17) is 5.11 Å². The number of aromatic nitrogens is 2. The molecule has 1 rings (SSSR count). The van der Waals surface area contributed by atoms with Gasteiger partial charge in [0.1, 0.15) is 5.82 Å². The molecule has 0 bridgehead atoms. The van der Waals surface area contributed by atoms with Crippen molar-refractivity contribution in [3.8, 4) is 0 Å². The van der Waals surface area contributed by atoms with Gasteiger partial charge in [-0.1, -0.05) is 13.3 Å². The van der Waals surface area contributed by atoms with Gasteiger partial charge in [-0.25, -0.2) is 9.78 Å². The van der Waals surface area contributed by atoms with Crippen molar-refractivity contribution in [3.05, 3.63) is 27.4 Å². The Morgan fingerprint density at radius 3 is 2.73 bits per heavy atom. The second-order valence-corrected chi connectivity index (χ2v) is 3.39. The summed E-state index contributed by atoms with van der Waals surface area (Å²) in [4.78, 5) is 28.6. The van der Waals surface area contributed by atoms with Crippen molar-refractivity contribution in [2.45, 2.75) is 33.1 Å². The topological polar surface area (TPSA) is 83.0 Å². The van der Waals surface area contributed by atoms with Gasteiger partial charge in [-0.05, 0) is 13.3 Å². The van der Waals surface area contributed by atoms with Crippen LogP contribution in [0.5, 0.6) is 0 Å². The number of hydrogen-bond acceptors (Lipinski definition) is 3. The quantitative estimate of drug-likeness (QED) is 0.780. The van der Waals surface area contributed by atoms with Crippen molar-refractivity contribution in [3.63, 3.8) is 0 Å². The number of unbranched alkanes of at least 4 members (excludes halogenated alkanes) is 1. The molecule has 0 unspecified atom stereocenters. The number of carboxylic acids is 1. The van der Waals surface area contributed by atoms with E-state index in [2.05, 4.69) is 9.97 Å². The van der Waals surface area contributed by atoms with Crippen LogP contribution in [0.15, 0.2) is 4.79 Å². The Bertz CT molecular complexity index is 423. The van der Waals surface area contributed by atoms with Crippen molar-refractivity contribution in [2.24, 2.45) is 0 Å². The largest absolute Gasteiger partial charge is 0.476 e. The number of carbonyl (C=O) groups is 1. The van der Waals surface area contributed by atoms with Crippen LogP contribution < -0.4 is 5.56 Å². The summed E-state index contributed by atoms with van der Waals surface area (Å²) in [6.45, 7) is 3.48. The molecule has 1 aromatic heterocycles. The van der Waals surface area contributed by atoms with Crippen LogP contribution in [0, 0.1) is 6.92 Å². The molecule has 5 nitrogen and oxygen atoms in total. The number of rotatable bonds is 4. The van der Waals surface area contributed by atoms with Gasteiger partial charge in [-0.3, -0.25) is 4.79 Å². The number of hydrogen-bond donors (Lipinski definition) is 2. The van der Waals surface area contributed by atoms with E-state index >= 15 is 0 Å². The van der Waals surface area contributed by atoms with Crippen molar-refractivity contribution < 1.29 is 9.90 Å². The molecule has 0 aliphatic heterocycles. The number of aryl methyl sites for hydroxylation is 1. The number of aromatic carboxylic acids is 1. The van der Waals surface area contributed by atoms with Crippen molar-refractivity contribution in [2.75, 3.05) is 0 Å². The second kappa shape index (κ2) is 4.72. The first-order valence-corrected chi connectivity index (χ1v) is 4.89. The van der Waals surface area contributed by atoms with E-state index in [0.717, 1.165) is 12.8 Å². The molecule has 2 N–H and O–H groups in total. The molecule has 82 valence electrons. The lowest BCUT2D eigenvalue weighted by Crippen LogP contribution is -2.20. The summed E-state index contributed by atoms with van der Waals surface area (Å²) in [6.07, 6.45) is 2.46. The average Bonchev–Trinajstić information content (AvgIpc) is 2.19. The number of aromatic amines is 1. The zero-order valence-corrected chi connectivity index (χ0v) is 8.83. The van der Waals surface area contributed by atoms with Crippen LogP contribution in [-0.4, -0.2) is 21.0 Å². The molecule has 1 aromatic rings. The van der Waals surface area contributed by atoms with Gasteiger partial charge in [-0.2, -0.15) is 0 Å². The molecule has 1 heterocycles. The normalized spacial score (nSPS) is 10.3. The predicted octanol–water partition coefficient (Wildman–Crippen LogP) is 1.12. The van der Waals surface area contributed by atoms with Gasteiger partial charge < -0.3 is 10.1 Å². The molecule has 0 aromatic carbocycles. The predicted molar refractivity (Wildman–Crippen MR) is 55.2 cm³/mol. The lowest BCUT2D eigenvalue weighted by Gasteiger charge is -2.03. The summed E-state index contributed by atoms with van der Waals surface area (Å²) in [7, 11) is 0. The molecule has 0 atom stereocenters. The fourth-order valence-corrected chi connectivity index (χ4v) is 1.25. The first-order chi connectivity index (χ1) is 7.06. The Morgan fingerprint density at radius 1 is 1.53 bits per heavy atom. The molecule has 0 spiro atoms. The fraction of sp³-hybridized carbons (Fsp3) is 0.500. The molecule has 0 aliphatic carbocycles. The Balaban J connectivity index is 3.12. The Kier molecular flexibility index (Phi) is 3.60. The third-order valence-corrected chi connectivity index (χ3v) is 2.17. The summed E-state index contributed by atoms with van der Waals surface area (Å²) >= 11 is 0. The molecule has 0 fully saturated rings. The molecule has 0 saturated carbocycles. The zero-order valence-electron chi connectivity index (χ0n) is 8.83. The van der Waals surface area contributed by atoms with E-state index in [-0.39, 0.29) is 16.8 Å². The molecule has 0 amide bonds. The van der Waals surface area contributed by atoms with Gasteiger partial charge in [0.25, 0.3) is 5.56 Å². The first kappa shape index (κ1) is 11.4. The smallest absolute Gasteiger partial charge is 0.355 e. The fourth-order valence-electron chi connectivity index (χ4n) is 1.25. The van der Waals surface area contributed by atoms with Crippen LogP contribution in [0.1, 0.15) is 41.6 Å². The van der Waals surface area contributed by atoms with E-state index in [9.17, 15) is 9.59 Å². The third-order valence-electron chi connectivity index (χ3n) is 2.17. The SMILES string of the molecule is CCCCc1nc(C(=O)O)c(C)c(=O)[nH]1. The van der Waals surface area contributed by atoms with Gasteiger partial charge >= 0.3 is 5.97 Å². The summed E-state index contributed by atoms with van der Waals surface area (Å²) in [6, 6.07) is 0. The molecule has 0 saturated heterocycles. The lowest BCUT2D eigenvalue weighted by molar-refractivity contribution is 0.0688. The van der Waals surface area contributed by atoms with Crippen LogP contribution in [0.3, 0.4) is 0 Å². The van der Waals surface area contributed by atoms with Gasteiger partial charge in [0, 0.05) is 12.0 Å². The summed E-state index contributed by atoms with van der Waals surface area (Å²) in [5, 5.41) is 8.82. The number of H-pyrrole nitrogens is 1. The highest BCUT2D eigenvalue weighted by Crippen LogP contribution is 2.02. The minimum Gasteiger partial charge on any atom is -0.476 e. The summed E-state index contributed by atoms with van der Waals surface area (Å²) < 4.78 is 0. The number of nitrogens with one attached hydrogen (secondary N) is 1. The lowest BCUT2D eigenvalue weighted by atomic mass is 10.2. The van der Waals surface area contributed by atoms with E-state index in [1.807, 2.05) is 6.92 Å². The monoisotopic (exact) mass is 210 g/mol. The second-order valence-electron chi connectivity index (χ2n) is 3.39. The maximum Gasteiger partial charge on any atom is 0.355 e. The van der Waals surface area contributed by atoms with Gasteiger partial charge in [0.2, 0.25) is 0 Å². The average molecular weight is 210 g/mol. The summed E-state index contributed by atoms with van der Waals surface area (Å²) in [5.41, 5.74) is -0.360. The van der Waals surface area contributed by atoms with Gasteiger partial charge in [-0.15, -0.1) is 0 Å². The molecular formula is C10H14N2O3. The molecule has 0 radical (unpaired) electrons. The number of carboxylic acid groups (broad SMARTS) is 1. The minimum atomic E-state index is -1.16. The Morgan fingerprint density at radius 2 is 2.20 bits per heavy atom. The van der Waals surface area contributed by atoms with E-state index in [0.29, 0.717) is 12.2 Å². The van der Waals surface area contributed by atoms with Crippen LogP contribution in [0.4, 0.5) is 0 Å². The van der Waals surface area contributed by atoms with E-state index in [1.165, 1.54) is 6.92 Å².